The number of aromatic hydroxyl groups is 2. The fourth-order valence-electron chi connectivity index (χ4n) is 6.39. The fourth-order valence-corrected chi connectivity index (χ4v) is 6.39. The Kier molecular flexibility index (Phi) is 15.8. The molecular formula is C52H40F2O13. The van der Waals surface area contributed by atoms with Crippen LogP contribution in [0.15, 0.2) is 109 Å². The van der Waals surface area contributed by atoms with E-state index in [0.29, 0.717) is 33.4 Å². The lowest BCUT2D eigenvalue weighted by molar-refractivity contribution is 0.0657. The molecule has 0 aromatic heterocycles. The molecule has 340 valence electrons. The number of carboxylic acid groups (broad SMARTS) is 4. The minimum absolute atomic E-state index is 0.0223. The molecule has 0 amide bonds. The third kappa shape index (κ3) is 13.1. The Balaban J connectivity index is 0.964. The average molecular weight is 911 g/mol. The van der Waals surface area contributed by atoms with Crippen LogP contribution in [0.3, 0.4) is 0 Å². The van der Waals surface area contributed by atoms with Crippen molar-refractivity contribution in [2.75, 3.05) is 26.4 Å². The van der Waals surface area contributed by atoms with Crippen molar-refractivity contribution in [3.05, 3.63) is 188 Å². The minimum Gasteiger partial charge on any atom is -0.507 e. The van der Waals surface area contributed by atoms with Gasteiger partial charge in [-0.1, -0.05) is 97.1 Å². The maximum atomic E-state index is 15.0. The van der Waals surface area contributed by atoms with E-state index in [1.54, 1.807) is 60.7 Å². The molecule has 0 atom stereocenters. The maximum Gasteiger partial charge on any atom is 0.339 e. The van der Waals surface area contributed by atoms with Crippen molar-refractivity contribution in [1.29, 1.82) is 0 Å². The first kappa shape index (κ1) is 47.7. The van der Waals surface area contributed by atoms with Gasteiger partial charge in [0, 0.05) is 11.1 Å². The molecule has 15 heteroatoms. The van der Waals surface area contributed by atoms with E-state index in [1.807, 2.05) is 0 Å². The predicted octanol–water partition coefficient (Wildman–Crippen LogP) is 10.3. The van der Waals surface area contributed by atoms with Gasteiger partial charge in [0.2, 0.25) is 0 Å². The van der Waals surface area contributed by atoms with E-state index in [1.165, 1.54) is 97.1 Å². The number of hydrogen-bond acceptors (Lipinski definition) is 9. The number of carboxylic acids is 4. The molecule has 0 saturated carbocycles. The van der Waals surface area contributed by atoms with E-state index in [0.717, 1.165) is 0 Å². The summed E-state index contributed by atoms with van der Waals surface area (Å²) in [4.78, 5) is 46.7. The Bertz CT molecular complexity index is 2770. The Morgan fingerprint density at radius 3 is 1.03 bits per heavy atom. The zero-order valence-corrected chi connectivity index (χ0v) is 35.1. The quantitative estimate of drug-likeness (QED) is 0.0311. The van der Waals surface area contributed by atoms with Gasteiger partial charge in [-0.25, -0.2) is 28.0 Å². The van der Waals surface area contributed by atoms with Gasteiger partial charge in [0.15, 0.2) is 0 Å². The van der Waals surface area contributed by atoms with Gasteiger partial charge in [0.1, 0.15) is 70.1 Å². The fraction of sp³-hybridized carbons (Fsp3) is 0.0769. The molecule has 0 heterocycles. The molecule has 67 heavy (non-hydrogen) atoms. The Hall–Kier alpha value is -8.82. The number of rotatable bonds is 20. The molecule has 0 aliphatic rings. The van der Waals surface area contributed by atoms with Crippen molar-refractivity contribution in [1.82, 2.24) is 0 Å². The molecule has 13 nitrogen and oxygen atoms in total. The van der Waals surface area contributed by atoms with Crippen LogP contribution in [0.2, 0.25) is 0 Å². The van der Waals surface area contributed by atoms with E-state index in [4.69, 9.17) is 14.2 Å². The molecule has 6 rings (SSSR count). The van der Waals surface area contributed by atoms with Crippen molar-refractivity contribution in [3.63, 3.8) is 0 Å². The summed E-state index contributed by atoms with van der Waals surface area (Å²) >= 11 is 0. The van der Waals surface area contributed by atoms with E-state index < -0.39 is 35.5 Å². The highest BCUT2D eigenvalue weighted by molar-refractivity contribution is 5.94. The monoisotopic (exact) mass is 910 g/mol. The number of aromatic carboxylic acids is 4. The van der Waals surface area contributed by atoms with Crippen LogP contribution in [-0.2, 0) is 4.74 Å². The van der Waals surface area contributed by atoms with Crippen LogP contribution in [0.4, 0.5) is 8.78 Å². The van der Waals surface area contributed by atoms with Gasteiger partial charge < -0.3 is 44.8 Å². The standard InChI is InChI=1S/C52H40F2O13/c53-43-29-35(3-1-31-9-17-45(55)39(25-31)49(57)58)7-15-37(43)13-5-33-11-19-47(41(27-33)51(61)62)66-23-21-65-22-24-67-48-20-12-34(28-42(48)52(63)64)6-14-38-16-8-36(30-44(38)54)4-2-32-10-18-46(56)40(26-32)50(59)60/h1-20,25-30,55-56H,21-24H2,(H,57,58)(H,59,60)(H,61,62)(H,63,64)/b3-1+,4-2+,13-5+,14-6+. The topological polar surface area (TPSA) is 217 Å². The number of carbonyl (C=O) groups is 4. The van der Waals surface area contributed by atoms with Crippen molar-refractivity contribution in [3.8, 4) is 23.0 Å². The lowest BCUT2D eigenvalue weighted by Gasteiger charge is -2.12. The van der Waals surface area contributed by atoms with E-state index in [9.17, 15) is 58.6 Å². The molecule has 6 aromatic rings. The number of ether oxygens (including phenoxy) is 3. The number of phenols is 2. The molecule has 6 N–H and O–H groups in total. The second kappa shape index (κ2) is 22.2. The first-order valence-corrected chi connectivity index (χ1v) is 20.2. The Labute approximate surface area is 381 Å². The SMILES string of the molecule is O=C(O)c1cc(/C=C/c2ccc(/C=C/c3ccc(OCCOCCOc4ccc(/C=C/c5ccc(/C=C/c6ccc(O)c(C(=O)O)c6)cc5F)cc4C(=O)O)c(C(=O)O)c3)c(F)c2)ccc1O. The first-order chi connectivity index (χ1) is 32.1. The molecule has 0 fully saturated rings. The van der Waals surface area contributed by atoms with Crippen LogP contribution in [-0.4, -0.2) is 80.9 Å². The van der Waals surface area contributed by atoms with Crippen molar-refractivity contribution in [2.24, 2.45) is 0 Å². The van der Waals surface area contributed by atoms with Gasteiger partial charge >= 0.3 is 23.9 Å². The third-order valence-electron chi connectivity index (χ3n) is 9.84. The number of hydrogen-bond donors (Lipinski definition) is 6. The maximum absolute atomic E-state index is 15.0. The highest BCUT2D eigenvalue weighted by Gasteiger charge is 2.15. The lowest BCUT2D eigenvalue weighted by atomic mass is 10.1. The molecular weight excluding hydrogens is 871 g/mol. The van der Waals surface area contributed by atoms with Crippen molar-refractivity contribution >= 4 is 72.5 Å². The molecule has 0 saturated heterocycles. The van der Waals surface area contributed by atoms with Crippen LogP contribution >= 0.6 is 0 Å². The van der Waals surface area contributed by atoms with E-state index in [-0.39, 0.29) is 82.8 Å². The minimum atomic E-state index is -1.28. The zero-order chi connectivity index (χ0) is 48.0. The summed E-state index contributed by atoms with van der Waals surface area (Å²) in [6, 6.07) is 26.0. The van der Waals surface area contributed by atoms with Crippen molar-refractivity contribution in [2.45, 2.75) is 0 Å². The van der Waals surface area contributed by atoms with Crippen LogP contribution in [0.25, 0.3) is 48.6 Å². The van der Waals surface area contributed by atoms with Crippen LogP contribution in [0.5, 0.6) is 23.0 Å². The molecule has 0 unspecified atom stereocenters. The zero-order valence-electron chi connectivity index (χ0n) is 35.1. The van der Waals surface area contributed by atoms with Crippen LogP contribution in [0, 0.1) is 11.6 Å². The summed E-state index contributed by atoms with van der Waals surface area (Å²) in [6.45, 7) is 0.0432. The van der Waals surface area contributed by atoms with Crippen LogP contribution in [0.1, 0.15) is 85.9 Å². The molecule has 0 radical (unpaired) electrons. The summed E-state index contributed by atoms with van der Waals surface area (Å²) < 4.78 is 46.8. The number of halogens is 2. The highest BCUT2D eigenvalue weighted by Crippen LogP contribution is 2.26. The van der Waals surface area contributed by atoms with Gasteiger partial charge in [-0.05, 0) is 94.0 Å². The lowest BCUT2D eigenvalue weighted by Crippen LogP contribution is -2.14. The van der Waals surface area contributed by atoms with Gasteiger partial charge in [-0.3, -0.25) is 0 Å². The van der Waals surface area contributed by atoms with Crippen LogP contribution < -0.4 is 9.47 Å². The largest absolute Gasteiger partial charge is 0.507 e. The summed E-state index contributed by atoms with van der Waals surface area (Å²) in [5.74, 6) is -6.75. The van der Waals surface area contributed by atoms with Gasteiger partial charge in [-0.15, -0.1) is 0 Å². The molecule has 0 bridgehead atoms. The van der Waals surface area contributed by atoms with E-state index >= 15 is 0 Å². The first-order valence-electron chi connectivity index (χ1n) is 20.2. The average Bonchev–Trinajstić information content (AvgIpc) is 3.30. The summed E-state index contributed by atoms with van der Waals surface area (Å²) in [5.41, 5.74) is 2.58. The summed E-state index contributed by atoms with van der Waals surface area (Å²) in [6.07, 6.45) is 12.4. The molecule has 0 aliphatic carbocycles. The second-order valence-corrected chi connectivity index (χ2v) is 14.5. The summed E-state index contributed by atoms with van der Waals surface area (Å²) in [7, 11) is 0. The summed E-state index contributed by atoms with van der Waals surface area (Å²) in [5, 5.41) is 57.5. The second-order valence-electron chi connectivity index (χ2n) is 14.5. The third-order valence-corrected chi connectivity index (χ3v) is 9.84. The Morgan fingerprint density at radius 1 is 0.388 bits per heavy atom. The Morgan fingerprint density at radius 2 is 0.687 bits per heavy atom. The van der Waals surface area contributed by atoms with E-state index in [2.05, 4.69) is 0 Å². The molecule has 0 spiro atoms. The predicted molar refractivity (Wildman–Crippen MR) is 247 cm³/mol. The number of benzene rings is 6. The molecule has 0 aliphatic heterocycles. The highest BCUT2D eigenvalue weighted by atomic mass is 19.1. The van der Waals surface area contributed by atoms with Gasteiger partial charge in [-0.2, -0.15) is 0 Å². The smallest absolute Gasteiger partial charge is 0.339 e. The van der Waals surface area contributed by atoms with Gasteiger partial charge in [0.25, 0.3) is 0 Å². The van der Waals surface area contributed by atoms with Crippen molar-refractivity contribution < 1.29 is 72.8 Å². The molecule has 6 aromatic carbocycles. The van der Waals surface area contributed by atoms with Gasteiger partial charge in [0.05, 0.1) is 13.2 Å². The normalized spacial score (nSPS) is 11.5.